The van der Waals surface area contributed by atoms with E-state index in [-0.39, 0.29) is 5.96 Å². The van der Waals surface area contributed by atoms with Gasteiger partial charge in [-0.15, -0.1) is 0 Å². The minimum Gasteiger partial charge on any atom is -0.480 e. The molecule has 0 aromatic carbocycles. The Balaban J connectivity index is 3.47. The summed E-state index contributed by atoms with van der Waals surface area (Å²) >= 11 is 0. The summed E-state index contributed by atoms with van der Waals surface area (Å²) < 4.78 is 0. The summed E-state index contributed by atoms with van der Waals surface area (Å²) in [6, 6.07) is -0.780. The van der Waals surface area contributed by atoms with Crippen LogP contribution in [0.3, 0.4) is 0 Å². The number of nitrogens with zero attached hydrogens (tertiary/aromatic N) is 1. The molecule has 0 heterocycles. The van der Waals surface area contributed by atoms with Crippen LogP contribution in [0.5, 0.6) is 0 Å². The number of nitrogens with one attached hydrogen (secondary N) is 1. The molecule has 0 aliphatic rings. The monoisotopic (exact) mass is 202 g/mol. The van der Waals surface area contributed by atoms with Gasteiger partial charge >= 0.3 is 5.97 Å². The standard InChI is InChI=1S/C8H18N4O2/c1-12(8(10)11)5-3-2-4-6(9)7(13)14/h6H,2-5,9H2,1H3,(H3,10,11)(H,13,14). The lowest BCUT2D eigenvalue weighted by Gasteiger charge is -2.16. The lowest BCUT2D eigenvalue weighted by atomic mass is 10.1. The average Bonchev–Trinajstić information content (AvgIpc) is 2.11. The second-order valence-corrected chi connectivity index (χ2v) is 3.25. The molecule has 0 rings (SSSR count). The molecule has 0 aliphatic carbocycles. The Hall–Kier alpha value is -1.30. The maximum atomic E-state index is 10.3. The van der Waals surface area contributed by atoms with E-state index in [0.29, 0.717) is 13.0 Å². The van der Waals surface area contributed by atoms with Crippen LogP contribution in [0, 0.1) is 5.41 Å². The zero-order chi connectivity index (χ0) is 11.1. The van der Waals surface area contributed by atoms with Crippen molar-refractivity contribution in [1.29, 1.82) is 5.41 Å². The minimum atomic E-state index is -0.968. The van der Waals surface area contributed by atoms with Crippen molar-refractivity contribution in [3.8, 4) is 0 Å². The van der Waals surface area contributed by atoms with Crippen LogP contribution < -0.4 is 11.5 Å². The van der Waals surface area contributed by atoms with Crippen LogP contribution in [-0.4, -0.2) is 41.6 Å². The van der Waals surface area contributed by atoms with E-state index >= 15 is 0 Å². The van der Waals surface area contributed by atoms with E-state index in [1.807, 2.05) is 0 Å². The summed E-state index contributed by atoms with van der Waals surface area (Å²) in [5, 5.41) is 15.6. The molecule has 0 saturated carbocycles. The summed E-state index contributed by atoms with van der Waals surface area (Å²) in [4.78, 5) is 11.9. The van der Waals surface area contributed by atoms with E-state index < -0.39 is 12.0 Å². The molecule has 0 saturated heterocycles. The van der Waals surface area contributed by atoms with Gasteiger partial charge in [0.15, 0.2) is 5.96 Å². The highest BCUT2D eigenvalue weighted by molar-refractivity contribution is 5.74. The molecule has 0 amide bonds. The Bertz CT molecular complexity index is 186. The van der Waals surface area contributed by atoms with E-state index in [4.69, 9.17) is 22.0 Å². The van der Waals surface area contributed by atoms with E-state index in [0.717, 1.165) is 12.8 Å². The van der Waals surface area contributed by atoms with Crippen LogP contribution in [0.25, 0.3) is 0 Å². The highest BCUT2D eigenvalue weighted by Gasteiger charge is 2.10. The first-order valence-corrected chi connectivity index (χ1v) is 4.48. The van der Waals surface area contributed by atoms with Gasteiger partial charge in [-0.05, 0) is 19.3 Å². The summed E-state index contributed by atoms with van der Waals surface area (Å²) in [7, 11) is 1.72. The lowest BCUT2D eigenvalue weighted by molar-refractivity contribution is -0.138. The first-order chi connectivity index (χ1) is 6.45. The fourth-order valence-corrected chi connectivity index (χ4v) is 0.957. The van der Waals surface area contributed by atoms with Gasteiger partial charge in [-0.3, -0.25) is 10.2 Å². The number of carboxylic acid groups (broad SMARTS) is 1. The Morgan fingerprint density at radius 2 is 2.14 bits per heavy atom. The van der Waals surface area contributed by atoms with Crippen LogP contribution in [0.15, 0.2) is 0 Å². The molecule has 6 heteroatoms. The second-order valence-electron chi connectivity index (χ2n) is 3.25. The SMILES string of the molecule is CN(CCCCC(N)C(=O)O)C(=N)N. The maximum Gasteiger partial charge on any atom is 0.320 e. The van der Waals surface area contributed by atoms with E-state index in [9.17, 15) is 4.79 Å². The van der Waals surface area contributed by atoms with Gasteiger partial charge in [0.2, 0.25) is 0 Å². The number of guanidine groups is 1. The molecule has 1 unspecified atom stereocenters. The highest BCUT2D eigenvalue weighted by Crippen LogP contribution is 2.00. The molecule has 0 aromatic rings. The van der Waals surface area contributed by atoms with Crippen LogP contribution in [0.4, 0.5) is 0 Å². The van der Waals surface area contributed by atoms with Gasteiger partial charge in [0.05, 0.1) is 0 Å². The van der Waals surface area contributed by atoms with Crippen LogP contribution in [0.1, 0.15) is 19.3 Å². The predicted octanol–water partition coefficient (Wildman–Crippen LogP) is -0.606. The number of unbranched alkanes of at least 4 members (excludes halogenated alkanes) is 1. The number of aliphatic carboxylic acids is 1. The second kappa shape index (κ2) is 6.20. The van der Waals surface area contributed by atoms with E-state index in [2.05, 4.69) is 0 Å². The molecule has 0 bridgehead atoms. The first kappa shape index (κ1) is 12.7. The zero-order valence-corrected chi connectivity index (χ0v) is 8.36. The molecule has 82 valence electrons. The number of carboxylic acids is 1. The Morgan fingerprint density at radius 3 is 2.57 bits per heavy atom. The van der Waals surface area contributed by atoms with Crippen molar-refractivity contribution >= 4 is 11.9 Å². The van der Waals surface area contributed by atoms with Crippen LogP contribution in [0.2, 0.25) is 0 Å². The summed E-state index contributed by atoms with van der Waals surface area (Å²) in [6.07, 6.45) is 1.98. The number of rotatable bonds is 6. The third kappa shape index (κ3) is 5.36. The van der Waals surface area contributed by atoms with Crippen molar-refractivity contribution in [1.82, 2.24) is 4.90 Å². The van der Waals surface area contributed by atoms with Crippen molar-refractivity contribution in [3.63, 3.8) is 0 Å². The van der Waals surface area contributed by atoms with Crippen LogP contribution in [-0.2, 0) is 4.79 Å². The normalized spacial score (nSPS) is 12.1. The molecule has 0 spiro atoms. The number of nitrogens with two attached hydrogens (primary N) is 2. The Morgan fingerprint density at radius 1 is 1.57 bits per heavy atom. The molecular formula is C8H18N4O2. The number of hydrogen-bond acceptors (Lipinski definition) is 3. The maximum absolute atomic E-state index is 10.3. The Labute approximate surface area is 83.4 Å². The minimum absolute atomic E-state index is 0.0209. The number of hydrogen-bond donors (Lipinski definition) is 4. The molecule has 0 fully saturated rings. The first-order valence-electron chi connectivity index (χ1n) is 4.48. The van der Waals surface area contributed by atoms with Gasteiger partial charge in [0.25, 0.3) is 0 Å². The van der Waals surface area contributed by atoms with Crippen molar-refractivity contribution in [2.45, 2.75) is 25.3 Å². The fraction of sp³-hybridized carbons (Fsp3) is 0.750. The predicted molar refractivity (Wildman–Crippen MR) is 54.0 cm³/mol. The fourth-order valence-electron chi connectivity index (χ4n) is 0.957. The van der Waals surface area contributed by atoms with E-state index in [1.54, 1.807) is 11.9 Å². The van der Waals surface area contributed by atoms with Crippen molar-refractivity contribution in [2.24, 2.45) is 11.5 Å². The highest BCUT2D eigenvalue weighted by atomic mass is 16.4. The third-order valence-electron chi connectivity index (χ3n) is 1.99. The summed E-state index contributed by atoms with van der Waals surface area (Å²) in [5.74, 6) is -0.947. The largest absolute Gasteiger partial charge is 0.480 e. The van der Waals surface area contributed by atoms with Gasteiger partial charge in [0.1, 0.15) is 6.04 Å². The quantitative estimate of drug-likeness (QED) is 0.260. The van der Waals surface area contributed by atoms with Gasteiger partial charge in [-0.2, -0.15) is 0 Å². The van der Waals surface area contributed by atoms with Gasteiger partial charge < -0.3 is 21.5 Å². The number of carbonyl (C=O) groups is 1. The summed E-state index contributed by atoms with van der Waals surface area (Å²) in [6.45, 7) is 0.654. The molecule has 0 radical (unpaired) electrons. The van der Waals surface area contributed by atoms with Gasteiger partial charge in [-0.1, -0.05) is 0 Å². The molecule has 14 heavy (non-hydrogen) atoms. The lowest BCUT2D eigenvalue weighted by Crippen LogP contribution is -2.34. The zero-order valence-electron chi connectivity index (χ0n) is 8.36. The average molecular weight is 202 g/mol. The smallest absolute Gasteiger partial charge is 0.320 e. The molecule has 0 aliphatic heterocycles. The van der Waals surface area contributed by atoms with Crippen molar-refractivity contribution in [3.05, 3.63) is 0 Å². The molecule has 0 aromatic heterocycles. The topological polar surface area (TPSA) is 116 Å². The van der Waals surface area contributed by atoms with Crippen LogP contribution >= 0.6 is 0 Å². The molecular weight excluding hydrogens is 184 g/mol. The molecule has 6 nitrogen and oxygen atoms in total. The molecule has 6 N–H and O–H groups in total. The summed E-state index contributed by atoms with van der Waals surface area (Å²) in [5.41, 5.74) is 10.5. The van der Waals surface area contributed by atoms with E-state index in [1.165, 1.54) is 0 Å². The van der Waals surface area contributed by atoms with Gasteiger partial charge in [-0.25, -0.2) is 0 Å². The van der Waals surface area contributed by atoms with Crippen molar-refractivity contribution < 1.29 is 9.90 Å². The Kier molecular flexibility index (Phi) is 5.62. The molecule has 1 atom stereocenters. The third-order valence-corrected chi connectivity index (χ3v) is 1.99. The van der Waals surface area contributed by atoms with Crippen molar-refractivity contribution in [2.75, 3.05) is 13.6 Å². The van der Waals surface area contributed by atoms with Gasteiger partial charge in [0, 0.05) is 13.6 Å².